The number of aryl methyl sites for hydroxylation is 1. The second-order valence-corrected chi connectivity index (χ2v) is 7.90. The van der Waals surface area contributed by atoms with E-state index in [9.17, 15) is 9.59 Å². The summed E-state index contributed by atoms with van der Waals surface area (Å²) in [6.07, 6.45) is 1.76. The molecule has 0 saturated carbocycles. The van der Waals surface area contributed by atoms with Crippen LogP contribution < -0.4 is 10.6 Å². The van der Waals surface area contributed by atoms with Crippen LogP contribution in [0.4, 0.5) is 5.69 Å². The predicted octanol–water partition coefficient (Wildman–Crippen LogP) is 6.00. The van der Waals surface area contributed by atoms with Crippen molar-refractivity contribution in [1.82, 2.24) is 5.32 Å². The molecular weight excluding hydrogens is 419 g/mol. The fraction of sp³-hybridized carbons (Fsp3) is 0.167. The van der Waals surface area contributed by atoms with Gasteiger partial charge in [0.15, 0.2) is 0 Å². The van der Waals surface area contributed by atoms with E-state index in [1.165, 1.54) is 11.6 Å². The number of amides is 2. The van der Waals surface area contributed by atoms with Gasteiger partial charge in [0.2, 0.25) is 0 Å². The minimum atomic E-state index is -0.344. The maximum absolute atomic E-state index is 12.5. The van der Waals surface area contributed by atoms with E-state index in [0.717, 1.165) is 12.8 Å². The quantitative estimate of drug-likeness (QED) is 0.473. The Kier molecular flexibility index (Phi) is 7.50. The van der Waals surface area contributed by atoms with Gasteiger partial charge in [-0.25, -0.2) is 0 Å². The third-order valence-electron chi connectivity index (χ3n) is 4.67. The van der Waals surface area contributed by atoms with Crippen LogP contribution in [-0.4, -0.2) is 17.9 Å². The van der Waals surface area contributed by atoms with Gasteiger partial charge < -0.3 is 10.6 Å². The van der Waals surface area contributed by atoms with Gasteiger partial charge in [0.1, 0.15) is 0 Å². The largest absolute Gasteiger partial charge is 0.350 e. The van der Waals surface area contributed by atoms with Crippen LogP contribution in [0.25, 0.3) is 0 Å². The van der Waals surface area contributed by atoms with Crippen LogP contribution in [0.15, 0.2) is 72.8 Å². The van der Waals surface area contributed by atoms with Gasteiger partial charge in [-0.05, 0) is 67.8 Å². The SMILES string of the molecule is C[C@@H](CCc1ccccc1)NC(=O)c1ccc(NC(=O)c2ccc(Cl)cc2Cl)cc1. The highest BCUT2D eigenvalue weighted by Crippen LogP contribution is 2.22. The van der Waals surface area contributed by atoms with Crippen molar-refractivity contribution in [1.29, 1.82) is 0 Å². The normalized spacial score (nSPS) is 11.6. The molecule has 3 aromatic carbocycles. The summed E-state index contributed by atoms with van der Waals surface area (Å²) in [5.41, 5.74) is 2.68. The van der Waals surface area contributed by atoms with Crippen molar-refractivity contribution < 1.29 is 9.59 Å². The van der Waals surface area contributed by atoms with Gasteiger partial charge in [0.25, 0.3) is 11.8 Å². The molecule has 0 aliphatic heterocycles. The molecule has 30 heavy (non-hydrogen) atoms. The molecule has 0 saturated heterocycles. The maximum atomic E-state index is 12.5. The zero-order valence-electron chi connectivity index (χ0n) is 16.5. The lowest BCUT2D eigenvalue weighted by Gasteiger charge is -2.14. The van der Waals surface area contributed by atoms with Crippen LogP contribution in [-0.2, 0) is 6.42 Å². The molecule has 0 heterocycles. The van der Waals surface area contributed by atoms with E-state index in [0.29, 0.717) is 21.8 Å². The molecule has 4 nitrogen and oxygen atoms in total. The number of nitrogens with one attached hydrogen (secondary N) is 2. The van der Waals surface area contributed by atoms with E-state index >= 15 is 0 Å². The van der Waals surface area contributed by atoms with Crippen LogP contribution in [0.5, 0.6) is 0 Å². The van der Waals surface area contributed by atoms with Crippen LogP contribution in [0.3, 0.4) is 0 Å². The summed E-state index contributed by atoms with van der Waals surface area (Å²) in [5.74, 6) is -0.488. The summed E-state index contributed by atoms with van der Waals surface area (Å²) in [5, 5.41) is 6.52. The lowest BCUT2D eigenvalue weighted by molar-refractivity contribution is 0.0938. The Morgan fingerprint density at radius 1 is 0.900 bits per heavy atom. The highest BCUT2D eigenvalue weighted by Gasteiger charge is 2.13. The lowest BCUT2D eigenvalue weighted by Crippen LogP contribution is -2.32. The first-order valence-corrected chi connectivity index (χ1v) is 10.4. The predicted molar refractivity (Wildman–Crippen MR) is 123 cm³/mol. The van der Waals surface area contributed by atoms with E-state index in [1.54, 1.807) is 36.4 Å². The first-order valence-electron chi connectivity index (χ1n) is 9.63. The number of carbonyl (C=O) groups is 2. The maximum Gasteiger partial charge on any atom is 0.257 e. The van der Waals surface area contributed by atoms with Crippen molar-refractivity contribution in [3.05, 3.63) is 99.5 Å². The van der Waals surface area contributed by atoms with Crippen LogP contribution in [0, 0.1) is 0 Å². The average Bonchev–Trinajstić information content (AvgIpc) is 2.73. The monoisotopic (exact) mass is 440 g/mol. The minimum absolute atomic E-state index is 0.0455. The Balaban J connectivity index is 1.54. The molecule has 0 aliphatic carbocycles. The van der Waals surface area contributed by atoms with E-state index in [1.807, 2.05) is 25.1 Å². The van der Waals surface area contributed by atoms with E-state index < -0.39 is 0 Å². The number of rotatable bonds is 7. The van der Waals surface area contributed by atoms with Crippen molar-refractivity contribution in [2.45, 2.75) is 25.8 Å². The number of benzene rings is 3. The fourth-order valence-electron chi connectivity index (χ4n) is 2.98. The average molecular weight is 441 g/mol. The molecule has 0 unspecified atom stereocenters. The van der Waals surface area contributed by atoms with Gasteiger partial charge in [0.05, 0.1) is 10.6 Å². The highest BCUT2D eigenvalue weighted by molar-refractivity contribution is 6.37. The van der Waals surface area contributed by atoms with Crippen molar-refractivity contribution in [3.63, 3.8) is 0 Å². The van der Waals surface area contributed by atoms with Crippen molar-refractivity contribution in [2.75, 3.05) is 5.32 Å². The molecule has 3 rings (SSSR count). The van der Waals surface area contributed by atoms with Crippen LogP contribution in [0.1, 0.15) is 39.6 Å². The van der Waals surface area contributed by atoms with Gasteiger partial charge in [-0.2, -0.15) is 0 Å². The Hall–Kier alpha value is -2.82. The van der Waals surface area contributed by atoms with Crippen LogP contribution in [0.2, 0.25) is 10.0 Å². The molecule has 0 fully saturated rings. The summed E-state index contributed by atoms with van der Waals surface area (Å²) in [6.45, 7) is 1.99. The van der Waals surface area contributed by atoms with Crippen molar-refractivity contribution in [2.24, 2.45) is 0 Å². The van der Waals surface area contributed by atoms with Crippen LogP contribution >= 0.6 is 23.2 Å². The lowest BCUT2D eigenvalue weighted by atomic mass is 10.1. The minimum Gasteiger partial charge on any atom is -0.350 e. The van der Waals surface area contributed by atoms with E-state index in [-0.39, 0.29) is 22.9 Å². The number of carbonyl (C=O) groups excluding carboxylic acids is 2. The second-order valence-electron chi connectivity index (χ2n) is 7.05. The third-order valence-corrected chi connectivity index (χ3v) is 5.21. The Morgan fingerprint density at radius 2 is 1.60 bits per heavy atom. The second kappa shape index (κ2) is 10.3. The Bertz CT molecular complexity index is 1020. The van der Waals surface area contributed by atoms with Crippen molar-refractivity contribution >= 4 is 40.7 Å². The molecular formula is C24H22Cl2N2O2. The standard InChI is InChI=1S/C24H22Cl2N2O2/c1-16(7-8-17-5-3-2-4-6-17)27-23(29)18-9-12-20(13-10-18)28-24(30)21-14-11-19(25)15-22(21)26/h2-6,9-16H,7-8H2,1H3,(H,27,29)(H,28,30)/t16-/m0/s1. The fourth-order valence-corrected chi connectivity index (χ4v) is 3.48. The summed E-state index contributed by atoms with van der Waals surface area (Å²) < 4.78 is 0. The summed E-state index contributed by atoms with van der Waals surface area (Å²) >= 11 is 11.9. The number of anilines is 1. The van der Waals surface area contributed by atoms with Crippen molar-refractivity contribution in [3.8, 4) is 0 Å². The molecule has 6 heteroatoms. The summed E-state index contributed by atoms with van der Waals surface area (Å²) in [7, 11) is 0. The molecule has 0 aromatic heterocycles. The first-order chi connectivity index (χ1) is 14.4. The molecule has 2 N–H and O–H groups in total. The molecule has 3 aromatic rings. The number of halogens is 2. The van der Waals surface area contributed by atoms with Gasteiger partial charge in [0, 0.05) is 22.3 Å². The molecule has 0 aliphatic rings. The molecule has 0 spiro atoms. The summed E-state index contributed by atoms with van der Waals surface area (Å²) in [4.78, 5) is 24.9. The zero-order chi connectivity index (χ0) is 21.5. The Morgan fingerprint density at radius 3 is 2.27 bits per heavy atom. The van der Waals surface area contributed by atoms with E-state index in [2.05, 4.69) is 22.8 Å². The van der Waals surface area contributed by atoms with Gasteiger partial charge in [-0.15, -0.1) is 0 Å². The number of hydrogen-bond acceptors (Lipinski definition) is 2. The van der Waals surface area contributed by atoms with Gasteiger partial charge >= 0.3 is 0 Å². The van der Waals surface area contributed by atoms with E-state index in [4.69, 9.17) is 23.2 Å². The molecule has 0 radical (unpaired) electrons. The molecule has 0 bridgehead atoms. The topological polar surface area (TPSA) is 58.2 Å². The first kappa shape index (κ1) is 21.9. The molecule has 2 amide bonds. The van der Waals surface area contributed by atoms with Gasteiger partial charge in [-0.1, -0.05) is 53.5 Å². The smallest absolute Gasteiger partial charge is 0.257 e. The Labute approximate surface area is 186 Å². The third kappa shape index (κ3) is 6.09. The molecule has 154 valence electrons. The highest BCUT2D eigenvalue weighted by atomic mass is 35.5. The van der Waals surface area contributed by atoms with Gasteiger partial charge in [-0.3, -0.25) is 9.59 Å². The zero-order valence-corrected chi connectivity index (χ0v) is 18.0. The number of hydrogen-bond donors (Lipinski definition) is 2. The molecule has 1 atom stereocenters. The summed E-state index contributed by atoms with van der Waals surface area (Å²) in [6, 6.07) is 21.6.